The lowest BCUT2D eigenvalue weighted by molar-refractivity contribution is 0.272. The molecule has 2 N–H and O–H groups in total. The van der Waals surface area contributed by atoms with Gasteiger partial charge in [-0.25, -0.2) is 0 Å². The minimum absolute atomic E-state index is 0.0378. The van der Waals surface area contributed by atoms with Gasteiger partial charge in [0.15, 0.2) is 0 Å². The van der Waals surface area contributed by atoms with Gasteiger partial charge >= 0.3 is 0 Å². The van der Waals surface area contributed by atoms with Crippen LogP contribution in [0.3, 0.4) is 0 Å². The summed E-state index contributed by atoms with van der Waals surface area (Å²) in [4.78, 5) is 0. The van der Waals surface area contributed by atoms with Crippen molar-refractivity contribution in [1.82, 2.24) is 0 Å². The van der Waals surface area contributed by atoms with Crippen molar-refractivity contribution in [3.63, 3.8) is 0 Å². The van der Waals surface area contributed by atoms with E-state index in [0.717, 1.165) is 30.6 Å². The lowest BCUT2D eigenvalue weighted by Crippen LogP contribution is -2.37. The summed E-state index contributed by atoms with van der Waals surface area (Å²) in [5.41, 5.74) is 6.21. The molecule has 0 aromatic carbocycles. The summed E-state index contributed by atoms with van der Waals surface area (Å²) in [6.07, 6.45) is 3.54. The molecule has 14 heavy (non-hydrogen) atoms. The van der Waals surface area contributed by atoms with Crippen LogP contribution in [-0.2, 0) is 0 Å². The molecule has 0 saturated heterocycles. The average Bonchev–Trinajstić information content (AvgIpc) is 2.02. The second-order valence-corrected chi connectivity index (χ2v) is 5.77. The summed E-state index contributed by atoms with van der Waals surface area (Å²) in [6.45, 7) is 13.6. The monoisotopic (exact) mass is 199 g/mol. The highest BCUT2D eigenvalue weighted by Gasteiger charge is 2.21. The summed E-state index contributed by atoms with van der Waals surface area (Å²) in [5.74, 6) is 2.36. The zero-order chi connectivity index (χ0) is 11.4. The number of rotatable bonds is 6. The standard InChI is InChI=1S/C13H29N/c1-7-13(6,14)9-11(4)8-12(5)10(2)3/h10-12H,7-9,14H2,1-6H3/t11-,12-,13?/m1/s1. The molecule has 1 unspecified atom stereocenters. The third kappa shape index (κ3) is 5.64. The molecule has 0 aliphatic rings. The van der Waals surface area contributed by atoms with Crippen molar-refractivity contribution in [2.45, 2.75) is 66.3 Å². The van der Waals surface area contributed by atoms with Crippen LogP contribution in [0.5, 0.6) is 0 Å². The van der Waals surface area contributed by atoms with E-state index in [2.05, 4.69) is 41.5 Å². The molecule has 1 heteroatoms. The van der Waals surface area contributed by atoms with Gasteiger partial charge < -0.3 is 5.73 Å². The predicted molar refractivity (Wildman–Crippen MR) is 65.3 cm³/mol. The average molecular weight is 199 g/mol. The van der Waals surface area contributed by atoms with Gasteiger partial charge in [-0.1, -0.05) is 34.6 Å². The minimum atomic E-state index is 0.0378. The molecule has 0 bridgehead atoms. The molecule has 0 rings (SSSR count). The predicted octanol–water partition coefficient (Wildman–Crippen LogP) is 3.82. The molecule has 3 atom stereocenters. The fourth-order valence-electron chi connectivity index (χ4n) is 1.93. The second-order valence-electron chi connectivity index (χ2n) is 5.77. The highest BCUT2D eigenvalue weighted by molar-refractivity contribution is 4.79. The maximum atomic E-state index is 6.17. The van der Waals surface area contributed by atoms with Crippen LogP contribution in [0.25, 0.3) is 0 Å². The quantitative estimate of drug-likeness (QED) is 0.691. The van der Waals surface area contributed by atoms with Crippen LogP contribution < -0.4 is 5.73 Å². The SMILES string of the molecule is CCC(C)(N)C[C@H](C)C[C@@H](C)C(C)C. The Kier molecular flexibility index (Phi) is 5.73. The van der Waals surface area contributed by atoms with Crippen molar-refractivity contribution >= 4 is 0 Å². The molecular weight excluding hydrogens is 170 g/mol. The molecule has 0 radical (unpaired) electrons. The van der Waals surface area contributed by atoms with Crippen LogP contribution in [0, 0.1) is 17.8 Å². The van der Waals surface area contributed by atoms with Crippen LogP contribution >= 0.6 is 0 Å². The Hall–Kier alpha value is -0.0400. The van der Waals surface area contributed by atoms with Crippen LogP contribution in [0.1, 0.15) is 60.8 Å². The van der Waals surface area contributed by atoms with Gasteiger partial charge in [0.05, 0.1) is 0 Å². The largest absolute Gasteiger partial charge is 0.325 e. The van der Waals surface area contributed by atoms with E-state index in [4.69, 9.17) is 5.73 Å². The van der Waals surface area contributed by atoms with Crippen LogP contribution in [-0.4, -0.2) is 5.54 Å². The van der Waals surface area contributed by atoms with Crippen LogP contribution in [0.2, 0.25) is 0 Å². The maximum Gasteiger partial charge on any atom is 0.0125 e. The Morgan fingerprint density at radius 2 is 1.64 bits per heavy atom. The Bertz CT molecular complexity index is 149. The zero-order valence-electron chi connectivity index (χ0n) is 10.9. The molecule has 0 aliphatic heterocycles. The summed E-state index contributed by atoms with van der Waals surface area (Å²) < 4.78 is 0. The van der Waals surface area contributed by atoms with Gasteiger partial charge in [0.2, 0.25) is 0 Å². The molecule has 86 valence electrons. The van der Waals surface area contributed by atoms with E-state index < -0.39 is 0 Å². The molecule has 0 heterocycles. The number of nitrogens with two attached hydrogens (primary N) is 1. The highest BCUT2D eigenvalue weighted by atomic mass is 14.7. The molecule has 1 nitrogen and oxygen atoms in total. The molecule has 0 fully saturated rings. The molecule has 0 aliphatic carbocycles. The first-order chi connectivity index (χ1) is 6.28. The van der Waals surface area contributed by atoms with E-state index in [1.54, 1.807) is 0 Å². The molecule has 0 saturated carbocycles. The molecule has 0 aromatic heterocycles. The Labute approximate surface area is 90.5 Å². The molecule has 0 spiro atoms. The fourth-order valence-corrected chi connectivity index (χ4v) is 1.93. The van der Waals surface area contributed by atoms with Crippen molar-refractivity contribution in [2.24, 2.45) is 23.5 Å². The third-order valence-corrected chi connectivity index (χ3v) is 3.53. The van der Waals surface area contributed by atoms with E-state index in [0.29, 0.717) is 0 Å². The van der Waals surface area contributed by atoms with Gasteiger partial charge in [-0.2, -0.15) is 0 Å². The van der Waals surface area contributed by atoms with E-state index in [-0.39, 0.29) is 5.54 Å². The molecule has 0 aromatic rings. The van der Waals surface area contributed by atoms with E-state index >= 15 is 0 Å². The van der Waals surface area contributed by atoms with Gasteiger partial charge in [-0.15, -0.1) is 0 Å². The summed E-state index contributed by atoms with van der Waals surface area (Å²) in [7, 11) is 0. The lowest BCUT2D eigenvalue weighted by atomic mass is 9.81. The first kappa shape index (κ1) is 14.0. The first-order valence-electron chi connectivity index (χ1n) is 6.07. The normalized spacial score (nSPS) is 20.6. The summed E-state index contributed by atoms with van der Waals surface area (Å²) >= 11 is 0. The molecular formula is C13H29N. The van der Waals surface area contributed by atoms with Crippen molar-refractivity contribution in [2.75, 3.05) is 0 Å². The zero-order valence-corrected chi connectivity index (χ0v) is 10.9. The summed E-state index contributed by atoms with van der Waals surface area (Å²) in [6, 6.07) is 0. The van der Waals surface area contributed by atoms with Crippen molar-refractivity contribution < 1.29 is 0 Å². The van der Waals surface area contributed by atoms with E-state index in [1.165, 1.54) is 6.42 Å². The minimum Gasteiger partial charge on any atom is -0.325 e. The van der Waals surface area contributed by atoms with Crippen LogP contribution in [0.15, 0.2) is 0 Å². The van der Waals surface area contributed by atoms with Gasteiger partial charge in [-0.3, -0.25) is 0 Å². The Morgan fingerprint density at radius 3 is 2.00 bits per heavy atom. The van der Waals surface area contributed by atoms with E-state index in [9.17, 15) is 0 Å². The van der Waals surface area contributed by atoms with Crippen molar-refractivity contribution in [3.8, 4) is 0 Å². The number of hydrogen-bond acceptors (Lipinski definition) is 1. The maximum absolute atomic E-state index is 6.17. The number of hydrogen-bond donors (Lipinski definition) is 1. The fraction of sp³-hybridized carbons (Fsp3) is 1.00. The van der Waals surface area contributed by atoms with Crippen LogP contribution in [0.4, 0.5) is 0 Å². The third-order valence-electron chi connectivity index (χ3n) is 3.53. The Morgan fingerprint density at radius 1 is 1.14 bits per heavy atom. The van der Waals surface area contributed by atoms with Gasteiger partial charge in [0, 0.05) is 5.54 Å². The molecule has 0 amide bonds. The van der Waals surface area contributed by atoms with Crippen molar-refractivity contribution in [1.29, 1.82) is 0 Å². The highest BCUT2D eigenvalue weighted by Crippen LogP contribution is 2.26. The second kappa shape index (κ2) is 5.75. The summed E-state index contributed by atoms with van der Waals surface area (Å²) in [5, 5.41) is 0. The van der Waals surface area contributed by atoms with Gasteiger partial charge in [0.25, 0.3) is 0 Å². The van der Waals surface area contributed by atoms with Gasteiger partial charge in [-0.05, 0) is 43.9 Å². The van der Waals surface area contributed by atoms with Gasteiger partial charge in [0.1, 0.15) is 0 Å². The smallest absolute Gasteiger partial charge is 0.0125 e. The Balaban J connectivity index is 3.92. The van der Waals surface area contributed by atoms with E-state index in [1.807, 2.05) is 0 Å². The topological polar surface area (TPSA) is 26.0 Å². The van der Waals surface area contributed by atoms with Crippen molar-refractivity contribution in [3.05, 3.63) is 0 Å². The first-order valence-corrected chi connectivity index (χ1v) is 6.07. The lowest BCUT2D eigenvalue weighted by Gasteiger charge is -2.29.